The van der Waals surface area contributed by atoms with Crippen LogP contribution in [0.15, 0.2) is 80.0 Å². The van der Waals surface area contributed by atoms with E-state index >= 15 is 0 Å². The van der Waals surface area contributed by atoms with Gasteiger partial charge in [-0.2, -0.15) is 0 Å². The highest BCUT2D eigenvalue weighted by molar-refractivity contribution is 7.13. The molecule has 3 heterocycles. The Hall–Kier alpha value is -3.90. The Bertz CT molecular complexity index is 1380. The lowest BCUT2D eigenvalue weighted by molar-refractivity contribution is -0.677. The summed E-state index contributed by atoms with van der Waals surface area (Å²) in [5, 5.41) is 23.5. The van der Waals surface area contributed by atoms with Crippen molar-refractivity contribution < 1.29 is 18.6 Å². The van der Waals surface area contributed by atoms with Crippen molar-refractivity contribution in [3.8, 4) is 11.5 Å². The molecule has 5 rings (SSSR count). The van der Waals surface area contributed by atoms with Gasteiger partial charge in [0, 0.05) is 49.1 Å². The second kappa shape index (κ2) is 13.0. The van der Waals surface area contributed by atoms with Crippen molar-refractivity contribution in [1.29, 1.82) is 0 Å². The summed E-state index contributed by atoms with van der Waals surface area (Å²) < 4.78 is 15.6. The molecule has 0 aliphatic carbocycles. The second-order valence-corrected chi connectivity index (χ2v) is 10.8. The number of azo groups is 2. The fourth-order valence-corrected chi connectivity index (χ4v) is 6.09. The van der Waals surface area contributed by atoms with Crippen LogP contribution in [0, 0.1) is 0 Å². The monoisotopic (exact) mass is 578 g/mol. The maximum atomic E-state index is 5.75. The molecule has 0 atom stereocenters. The summed E-state index contributed by atoms with van der Waals surface area (Å²) in [6.45, 7) is 9.31. The third-order valence-electron chi connectivity index (χ3n) is 6.79. The predicted molar refractivity (Wildman–Crippen MR) is 159 cm³/mol. The molecule has 0 saturated carbocycles. The van der Waals surface area contributed by atoms with E-state index in [4.69, 9.17) is 9.47 Å². The topological polar surface area (TPSA) is 82.1 Å². The van der Waals surface area contributed by atoms with Crippen molar-refractivity contribution in [3.63, 3.8) is 0 Å². The molecule has 2 aromatic carbocycles. The number of methoxy groups -OCH3 is 2. The van der Waals surface area contributed by atoms with Crippen LogP contribution < -0.4 is 28.4 Å². The quantitative estimate of drug-likeness (QED) is 0.157. The molecule has 12 heteroatoms. The van der Waals surface area contributed by atoms with Crippen molar-refractivity contribution in [3.05, 3.63) is 59.6 Å². The van der Waals surface area contributed by atoms with Crippen LogP contribution in [-0.2, 0) is 13.1 Å². The summed E-state index contributed by atoms with van der Waals surface area (Å²) in [6.07, 6.45) is 4.04. The molecule has 0 radical (unpaired) electrons. The highest BCUT2D eigenvalue weighted by atomic mass is 32.1. The van der Waals surface area contributed by atoms with Crippen LogP contribution in [0.2, 0.25) is 0 Å². The van der Waals surface area contributed by atoms with E-state index in [-0.39, 0.29) is 0 Å². The lowest BCUT2D eigenvalue weighted by Crippen LogP contribution is -2.46. The van der Waals surface area contributed by atoms with Gasteiger partial charge >= 0.3 is 10.3 Å². The van der Waals surface area contributed by atoms with Crippen LogP contribution in [-0.4, -0.2) is 40.4 Å². The number of benzene rings is 2. The van der Waals surface area contributed by atoms with Gasteiger partial charge in [-0.25, -0.2) is 9.13 Å². The molecule has 1 saturated heterocycles. The zero-order valence-electron chi connectivity index (χ0n) is 23.2. The fourth-order valence-electron chi connectivity index (χ4n) is 4.60. The Balaban J connectivity index is 1.25. The molecule has 10 nitrogen and oxygen atoms in total. The average molecular weight is 579 g/mol. The molecule has 208 valence electrons. The first-order chi connectivity index (χ1) is 19.6. The molecule has 0 bridgehead atoms. The third kappa shape index (κ3) is 6.13. The van der Waals surface area contributed by atoms with E-state index in [0.29, 0.717) is 0 Å². The number of thiazole rings is 2. The van der Waals surface area contributed by atoms with Crippen LogP contribution in [0.5, 0.6) is 11.5 Å². The summed E-state index contributed by atoms with van der Waals surface area (Å²) in [6, 6.07) is 12.0. The molecule has 4 aromatic rings. The molecule has 2 aromatic heterocycles. The Labute approximate surface area is 242 Å². The predicted octanol–water partition coefficient (Wildman–Crippen LogP) is 6.60. The van der Waals surface area contributed by atoms with E-state index in [2.05, 4.69) is 65.4 Å². The van der Waals surface area contributed by atoms with Crippen LogP contribution >= 0.6 is 22.7 Å². The second-order valence-electron chi connectivity index (χ2n) is 9.03. The number of aryl methyl sites for hydroxylation is 2. The number of aromatic nitrogens is 2. The SMILES string of the molecule is CC[n+]1ccsc1N=Nc1ccc(N2CCN(c3ccc(N=Nc4scc[n+]4CC)cc3OC)CC2)c(OC)c1. The minimum absolute atomic E-state index is 0.765. The van der Waals surface area contributed by atoms with E-state index in [9.17, 15) is 0 Å². The lowest BCUT2D eigenvalue weighted by atomic mass is 10.2. The number of rotatable bonds is 10. The highest BCUT2D eigenvalue weighted by Crippen LogP contribution is 2.37. The molecular weight excluding hydrogens is 544 g/mol. The van der Waals surface area contributed by atoms with Crippen molar-refractivity contribution in [1.82, 2.24) is 0 Å². The lowest BCUT2D eigenvalue weighted by Gasteiger charge is -2.38. The van der Waals surface area contributed by atoms with Crippen LogP contribution in [0.4, 0.5) is 33.0 Å². The number of piperazine rings is 1. The molecule has 0 unspecified atom stereocenters. The highest BCUT2D eigenvalue weighted by Gasteiger charge is 2.23. The molecule has 0 spiro atoms. The normalized spacial score (nSPS) is 14.0. The molecule has 0 N–H and O–H groups in total. The van der Waals surface area contributed by atoms with Gasteiger partial charge in [-0.3, -0.25) is 0 Å². The third-order valence-corrected chi connectivity index (χ3v) is 8.36. The smallest absolute Gasteiger partial charge is 0.408 e. The van der Waals surface area contributed by atoms with Gasteiger partial charge in [0.1, 0.15) is 35.3 Å². The van der Waals surface area contributed by atoms with Crippen LogP contribution in [0.1, 0.15) is 13.8 Å². The van der Waals surface area contributed by atoms with Gasteiger partial charge in [0.25, 0.3) is 0 Å². The molecular formula is C28H34N8O2S2+2. The molecule has 40 heavy (non-hydrogen) atoms. The summed E-state index contributed by atoms with van der Waals surface area (Å²) >= 11 is 3.15. The first kappa shape index (κ1) is 27.7. The largest absolute Gasteiger partial charge is 0.495 e. The summed E-state index contributed by atoms with van der Waals surface area (Å²) in [7, 11) is 3.40. The fraction of sp³-hybridized carbons (Fsp3) is 0.357. The number of nitrogens with zero attached hydrogens (tertiary/aromatic N) is 8. The molecule has 1 aliphatic rings. The van der Waals surface area contributed by atoms with Gasteiger partial charge in [-0.15, -0.1) is 0 Å². The molecule has 1 fully saturated rings. The van der Waals surface area contributed by atoms with Crippen molar-refractivity contribution in [2.75, 3.05) is 50.2 Å². The maximum Gasteiger partial charge on any atom is 0.408 e. The van der Waals surface area contributed by atoms with Crippen molar-refractivity contribution >= 4 is 55.7 Å². The average Bonchev–Trinajstić information content (AvgIpc) is 3.67. The molecule has 1 aliphatic heterocycles. The minimum atomic E-state index is 0.765. The Morgan fingerprint density at radius 2 is 1.10 bits per heavy atom. The van der Waals surface area contributed by atoms with Gasteiger partial charge < -0.3 is 19.3 Å². The summed E-state index contributed by atoms with van der Waals surface area (Å²) in [5.74, 6) is 1.59. The number of ether oxygens (including phenoxy) is 2. The van der Waals surface area contributed by atoms with Crippen molar-refractivity contribution in [2.45, 2.75) is 26.9 Å². The van der Waals surface area contributed by atoms with Gasteiger partial charge in [-0.05, 0) is 71.0 Å². The van der Waals surface area contributed by atoms with E-state index in [0.717, 1.165) is 83.8 Å². The van der Waals surface area contributed by atoms with Crippen molar-refractivity contribution in [2.24, 2.45) is 20.5 Å². The first-order valence-electron chi connectivity index (χ1n) is 13.3. The summed E-state index contributed by atoms with van der Waals surface area (Å²) in [5.41, 5.74) is 3.64. The Morgan fingerprint density at radius 3 is 1.48 bits per heavy atom. The maximum absolute atomic E-state index is 5.75. The Kier molecular flexibility index (Phi) is 8.97. The number of hydrogen-bond acceptors (Lipinski definition) is 10. The van der Waals surface area contributed by atoms with Gasteiger partial charge in [0.15, 0.2) is 0 Å². The van der Waals surface area contributed by atoms with Crippen LogP contribution in [0.3, 0.4) is 0 Å². The van der Waals surface area contributed by atoms with Gasteiger partial charge in [0.05, 0.1) is 48.9 Å². The zero-order valence-corrected chi connectivity index (χ0v) is 24.9. The standard InChI is InChI=1S/C28H34N8O2S2/c1-5-33-15-17-39-27(33)31-29-21-7-9-23(25(19-21)37-3)35-11-13-36(14-12-35)24-10-8-22(20-26(24)38-4)30-32-28-34(6-2)16-18-40-28/h7-10,15-20H,5-6,11-14H2,1-4H3/q+2. The van der Waals surface area contributed by atoms with E-state index in [1.807, 2.05) is 47.4 Å². The van der Waals surface area contributed by atoms with Gasteiger partial charge in [-0.1, -0.05) is 0 Å². The number of anilines is 2. The van der Waals surface area contributed by atoms with E-state index in [1.165, 1.54) is 0 Å². The van der Waals surface area contributed by atoms with Crippen LogP contribution in [0.25, 0.3) is 0 Å². The zero-order chi connectivity index (χ0) is 27.9. The summed E-state index contributed by atoms with van der Waals surface area (Å²) in [4.78, 5) is 4.69. The number of hydrogen-bond donors (Lipinski definition) is 0. The molecule has 0 amide bonds. The Morgan fingerprint density at radius 1 is 0.675 bits per heavy atom. The van der Waals surface area contributed by atoms with E-state index < -0.39 is 0 Å². The van der Waals surface area contributed by atoms with E-state index in [1.54, 1.807) is 36.9 Å². The van der Waals surface area contributed by atoms with Gasteiger partial charge in [0.2, 0.25) is 0 Å². The minimum Gasteiger partial charge on any atom is -0.495 e. The first-order valence-corrected chi connectivity index (χ1v) is 15.0.